The number of hydrogen-bond donors (Lipinski definition) is 3. The fraction of sp³-hybridized carbons (Fsp3) is 0.500. The van der Waals surface area contributed by atoms with Crippen molar-refractivity contribution >= 4 is 40.0 Å². The lowest BCUT2D eigenvalue weighted by molar-refractivity contribution is 0.108. The van der Waals surface area contributed by atoms with Crippen LogP contribution in [0, 0.1) is 5.92 Å². The Bertz CT molecular complexity index is 574. The summed E-state index contributed by atoms with van der Waals surface area (Å²) < 4.78 is 5.79. The van der Waals surface area contributed by atoms with E-state index >= 15 is 0 Å². The van der Waals surface area contributed by atoms with Gasteiger partial charge in [-0.3, -0.25) is 5.32 Å². The highest BCUT2D eigenvalue weighted by molar-refractivity contribution is 8.13. The van der Waals surface area contributed by atoms with Gasteiger partial charge in [-0.2, -0.15) is 0 Å². The van der Waals surface area contributed by atoms with Gasteiger partial charge in [0, 0.05) is 27.6 Å². The zero-order valence-electron chi connectivity index (χ0n) is 10.8. The number of hydrogen-bond acceptors (Lipinski definition) is 6. The molecule has 20 heavy (non-hydrogen) atoms. The molecule has 8 heteroatoms. The van der Waals surface area contributed by atoms with Crippen LogP contribution in [-0.2, 0) is 10.3 Å². The molecule has 0 aromatic carbocycles. The van der Waals surface area contributed by atoms with Crippen molar-refractivity contribution in [2.45, 2.75) is 18.6 Å². The van der Waals surface area contributed by atoms with Crippen molar-refractivity contribution in [1.29, 1.82) is 0 Å². The molecular weight excluding hydrogens is 298 g/mol. The Morgan fingerprint density at radius 3 is 3.15 bits per heavy atom. The van der Waals surface area contributed by atoms with Gasteiger partial charge < -0.3 is 15.6 Å². The molecule has 1 fully saturated rings. The minimum Gasteiger partial charge on any atom is -0.465 e. The molecule has 1 saturated heterocycles. The number of fused-ring (bicyclic) bond motifs is 1. The lowest BCUT2D eigenvalue weighted by atomic mass is 9.84. The van der Waals surface area contributed by atoms with Gasteiger partial charge >= 0.3 is 6.09 Å². The molecule has 0 saturated carbocycles. The highest BCUT2D eigenvalue weighted by Gasteiger charge is 2.52. The van der Waals surface area contributed by atoms with Gasteiger partial charge in [0.25, 0.3) is 0 Å². The number of carbonyl (C=O) groups is 1. The molecule has 1 aromatic rings. The molecule has 0 unspecified atom stereocenters. The van der Waals surface area contributed by atoms with Crippen molar-refractivity contribution in [1.82, 2.24) is 5.32 Å². The van der Waals surface area contributed by atoms with E-state index in [4.69, 9.17) is 15.6 Å². The van der Waals surface area contributed by atoms with Crippen LogP contribution in [0.5, 0.6) is 0 Å². The second-order valence-electron chi connectivity index (χ2n) is 4.95. The number of nitrogen functional groups attached to an aromatic ring is 1. The monoisotopic (exact) mass is 313 g/mol. The minimum absolute atomic E-state index is 0.0981. The van der Waals surface area contributed by atoms with Crippen molar-refractivity contribution in [2.24, 2.45) is 10.9 Å². The lowest BCUT2D eigenvalue weighted by Gasteiger charge is -2.34. The molecule has 6 nitrogen and oxygen atoms in total. The lowest BCUT2D eigenvalue weighted by Crippen LogP contribution is -2.42. The molecule has 1 aromatic heterocycles. The number of thiophene rings is 1. The smallest absolute Gasteiger partial charge is 0.410 e. The van der Waals surface area contributed by atoms with E-state index in [0.717, 1.165) is 10.6 Å². The number of nitrogens with two attached hydrogens (primary N) is 1. The molecular formula is C12H15N3O3S2. The zero-order valence-corrected chi connectivity index (χ0v) is 12.5. The third kappa shape index (κ3) is 2.17. The van der Waals surface area contributed by atoms with Gasteiger partial charge in [-0.25, -0.2) is 9.79 Å². The Kier molecular flexibility index (Phi) is 3.39. The Hall–Kier alpha value is -1.25. The predicted molar refractivity (Wildman–Crippen MR) is 80.4 cm³/mol. The molecule has 0 aliphatic carbocycles. The molecule has 1 amide bonds. The van der Waals surface area contributed by atoms with Gasteiger partial charge in [0.2, 0.25) is 0 Å². The molecule has 0 bridgehead atoms. The van der Waals surface area contributed by atoms with Crippen LogP contribution in [0.4, 0.5) is 10.5 Å². The molecule has 0 spiro atoms. The first kappa shape index (κ1) is 13.7. The normalized spacial score (nSPS) is 32.5. The maximum atomic E-state index is 10.8. The van der Waals surface area contributed by atoms with Crippen LogP contribution >= 0.6 is 23.1 Å². The maximum Gasteiger partial charge on any atom is 0.410 e. The number of nitrogens with zero attached hydrogens (tertiary/aromatic N) is 1. The van der Waals surface area contributed by atoms with Crippen molar-refractivity contribution in [3.05, 3.63) is 16.3 Å². The van der Waals surface area contributed by atoms with E-state index in [1.165, 1.54) is 11.8 Å². The molecule has 108 valence electrons. The molecule has 3 heterocycles. The molecule has 0 radical (unpaired) electrons. The number of nitrogens with one attached hydrogen (secondary N) is 1. The average molecular weight is 313 g/mol. The summed E-state index contributed by atoms with van der Waals surface area (Å²) in [5.41, 5.74) is 6.02. The molecule has 2 aliphatic rings. The van der Waals surface area contributed by atoms with Gasteiger partial charge in [-0.05, 0) is 13.0 Å². The van der Waals surface area contributed by atoms with Crippen molar-refractivity contribution in [2.75, 3.05) is 18.1 Å². The largest absolute Gasteiger partial charge is 0.465 e. The Balaban J connectivity index is 2.03. The third-order valence-corrected chi connectivity index (χ3v) is 5.82. The van der Waals surface area contributed by atoms with Gasteiger partial charge in [0.1, 0.15) is 5.54 Å². The summed E-state index contributed by atoms with van der Waals surface area (Å²) in [4.78, 5) is 16.5. The number of amides is 1. The zero-order chi connectivity index (χ0) is 14.3. The van der Waals surface area contributed by atoms with Gasteiger partial charge in [0.05, 0.1) is 12.7 Å². The number of carboxylic acid groups (broad SMARTS) is 1. The number of amidine groups is 1. The summed E-state index contributed by atoms with van der Waals surface area (Å²) in [7, 11) is 0. The van der Waals surface area contributed by atoms with E-state index in [9.17, 15) is 4.79 Å². The van der Waals surface area contributed by atoms with E-state index in [1.807, 2.05) is 18.4 Å². The van der Waals surface area contributed by atoms with E-state index in [0.29, 0.717) is 17.5 Å². The molecule has 4 N–H and O–H groups in total. The molecule has 3 atom stereocenters. The molecule has 2 aliphatic heterocycles. The van der Waals surface area contributed by atoms with Crippen molar-refractivity contribution in [3.8, 4) is 0 Å². The van der Waals surface area contributed by atoms with Crippen LogP contribution in [0.25, 0.3) is 0 Å². The van der Waals surface area contributed by atoms with E-state index < -0.39 is 11.6 Å². The summed E-state index contributed by atoms with van der Waals surface area (Å²) in [6.45, 7) is 2.50. The van der Waals surface area contributed by atoms with Gasteiger partial charge in [-0.15, -0.1) is 11.3 Å². The summed E-state index contributed by atoms with van der Waals surface area (Å²) >= 11 is 2.97. The van der Waals surface area contributed by atoms with Crippen LogP contribution in [0.15, 0.2) is 16.4 Å². The number of thioether (sulfide) groups is 1. The van der Waals surface area contributed by atoms with Crippen LogP contribution < -0.4 is 11.1 Å². The fourth-order valence-electron chi connectivity index (χ4n) is 2.68. The predicted octanol–water partition coefficient (Wildman–Crippen LogP) is 1.93. The summed E-state index contributed by atoms with van der Waals surface area (Å²) in [6.07, 6.45) is -0.997. The van der Waals surface area contributed by atoms with Crippen LogP contribution in [0.1, 0.15) is 11.8 Å². The Morgan fingerprint density at radius 1 is 1.70 bits per heavy atom. The minimum atomic E-state index is -1.09. The Morgan fingerprint density at radius 2 is 2.50 bits per heavy atom. The third-order valence-electron chi connectivity index (χ3n) is 3.71. The summed E-state index contributed by atoms with van der Waals surface area (Å²) in [5.74, 6) is 1.00. The van der Waals surface area contributed by atoms with Crippen molar-refractivity contribution in [3.63, 3.8) is 0 Å². The quantitative estimate of drug-likeness (QED) is 0.736. The number of anilines is 1. The topological polar surface area (TPSA) is 96.9 Å². The number of ether oxygens (including phenoxy) is 1. The number of rotatable bonds is 1. The van der Waals surface area contributed by atoms with Crippen molar-refractivity contribution < 1.29 is 14.6 Å². The van der Waals surface area contributed by atoms with E-state index in [-0.39, 0.29) is 12.0 Å². The SMILES string of the molecule is C[C@H]1OC[C@]2(c3cc(N)cs3)N=C(NC(=O)O)SC[C@H]12. The standard InChI is InChI=1S/C12H15N3O3S2/c1-6-8-4-20-10(14-11(16)17)15-12(8,5-18-6)9-2-7(13)3-19-9/h2-3,6,8H,4-5,13H2,1H3,(H,14,15)(H,16,17)/t6-,8-,12+/m1/s1. The second-order valence-corrected chi connectivity index (χ2v) is 6.87. The van der Waals surface area contributed by atoms with E-state index in [1.54, 1.807) is 11.3 Å². The Labute approximate surface area is 124 Å². The average Bonchev–Trinajstić information content (AvgIpc) is 2.94. The summed E-state index contributed by atoms with van der Waals surface area (Å²) in [6, 6.07) is 1.91. The fourth-order valence-corrected chi connectivity index (χ4v) is 4.95. The first-order chi connectivity index (χ1) is 9.51. The first-order valence-electron chi connectivity index (χ1n) is 6.20. The van der Waals surface area contributed by atoms with Gasteiger partial charge in [-0.1, -0.05) is 11.8 Å². The molecule has 3 rings (SSSR count). The second kappa shape index (κ2) is 4.94. The first-order valence-corrected chi connectivity index (χ1v) is 8.06. The van der Waals surface area contributed by atoms with Crippen LogP contribution in [0.3, 0.4) is 0 Å². The van der Waals surface area contributed by atoms with Crippen LogP contribution in [0.2, 0.25) is 0 Å². The van der Waals surface area contributed by atoms with Crippen LogP contribution in [-0.4, -0.2) is 34.8 Å². The number of aliphatic imine (C=N–C) groups is 1. The highest BCUT2D eigenvalue weighted by atomic mass is 32.2. The van der Waals surface area contributed by atoms with E-state index in [2.05, 4.69) is 10.3 Å². The maximum absolute atomic E-state index is 10.8. The summed E-state index contributed by atoms with van der Waals surface area (Å²) in [5, 5.41) is 13.5. The highest BCUT2D eigenvalue weighted by Crippen LogP contribution is 2.49. The van der Waals surface area contributed by atoms with Gasteiger partial charge in [0.15, 0.2) is 5.17 Å².